The van der Waals surface area contributed by atoms with E-state index in [4.69, 9.17) is 0 Å². The number of anilines is 2. The van der Waals surface area contributed by atoms with Crippen molar-refractivity contribution in [2.24, 2.45) is 7.05 Å². The highest BCUT2D eigenvalue weighted by Crippen LogP contribution is 2.28. The number of nitrogens with zero attached hydrogens (tertiary/aromatic N) is 3. The van der Waals surface area contributed by atoms with E-state index in [9.17, 15) is 5.11 Å². The summed E-state index contributed by atoms with van der Waals surface area (Å²) in [4.78, 5) is 2.06. The number of benzene rings is 1. The monoisotopic (exact) mass is 286 g/mol. The third-order valence-electron chi connectivity index (χ3n) is 4.08. The zero-order valence-corrected chi connectivity index (χ0v) is 12.8. The number of hydrogen-bond donors (Lipinski definition) is 2. The van der Waals surface area contributed by atoms with Crippen LogP contribution in [0.3, 0.4) is 0 Å². The first-order chi connectivity index (χ1) is 10.0. The number of aryl methyl sites for hydroxylation is 2. The predicted octanol–water partition coefficient (Wildman–Crippen LogP) is 2.17. The molecule has 2 heterocycles. The first kappa shape index (κ1) is 14.1. The third kappa shape index (κ3) is 2.80. The van der Waals surface area contributed by atoms with Crippen LogP contribution in [0.25, 0.3) is 0 Å². The van der Waals surface area contributed by atoms with Crippen LogP contribution in [0.2, 0.25) is 0 Å². The molecule has 0 bridgehead atoms. The molecule has 2 aromatic rings. The zero-order valence-electron chi connectivity index (χ0n) is 12.8. The molecule has 5 heteroatoms. The van der Waals surface area contributed by atoms with Gasteiger partial charge in [-0.05, 0) is 31.5 Å². The van der Waals surface area contributed by atoms with Gasteiger partial charge in [-0.2, -0.15) is 5.10 Å². The maximum atomic E-state index is 9.80. The fourth-order valence-corrected chi connectivity index (χ4v) is 2.89. The minimum absolute atomic E-state index is 0.426. The van der Waals surface area contributed by atoms with E-state index in [2.05, 4.69) is 34.4 Å². The van der Waals surface area contributed by atoms with Gasteiger partial charge in [0.25, 0.3) is 0 Å². The van der Waals surface area contributed by atoms with Gasteiger partial charge < -0.3 is 10.4 Å². The molecule has 0 radical (unpaired) electrons. The van der Waals surface area contributed by atoms with E-state index in [-0.39, 0.29) is 0 Å². The van der Waals surface area contributed by atoms with Gasteiger partial charge in [0.15, 0.2) is 5.82 Å². The van der Waals surface area contributed by atoms with E-state index in [0.717, 1.165) is 31.0 Å². The van der Waals surface area contributed by atoms with Crippen molar-refractivity contribution < 1.29 is 5.11 Å². The normalized spacial score (nSPS) is 16.6. The van der Waals surface area contributed by atoms with Crippen molar-refractivity contribution in [3.05, 3.63) is 41.1 Å². The average Bonchev–Trinajstić information content (AvgIpc) is 2.75. The summed E-state index contributed by atoms with van der Waals surface area (Å²) in [6, 6.07) is 8.27. The van der Waals surface area contributed by atoms with Gasteiger partial charge in [0.2, 0.25) is 0 Å². The van der Waals surface area contributed by atoms with Crippen molar-refractivity contribution in [2.75, 3.05) is 11.9 Å². The second-order valence-electron chi connectivity index (χ2n) is 5.74. The van der Waals surface area contributed by atoms with Crippen LogP contribution in [-0.4, -0.2) is 32.6 Å². The Balaban J connectivity index is 1.90. The van der Waals surface area contributed by atoms with E-state index < -0.39 is 6.23 Å². The molecule has 1 aromatic heterocycles. The van der Waals surface area contributed by atoms with Crippen molar-refractivity contribution in [3.8, 4) is 0 Å². The molecule has 3 rings (SSSR count). The average molecular weight is 286 g/mol. The van der Waals surface area contributed by atoms with E-state index in [1.165, 1.54) is 16.8 Å². The van der Waals surface area contributed by atoms with Crippen LogP contribution >= 0.6 is 0 Å². The Morgan fingerprint density at radius 3 is 2.90 bits per heavy atom. The topological polar surface area (TPSA) is 53.3 Å². The maximum absolute atomic E-state index is 9.80. The van der Waals surface area contributed by atoms with E-state index in [1.54, 1.807) is 0 Å². The largest absolute Gasteiger partial charge is 0.379 e. The predicted molar refractivity (Wildman–Crippen MR) is 83.5 cm³/mol. The molecular formula is C16H22N4O. The summed E-state index contributed by atoms with van der Waals surface area (Å²) in [6.45, 7) is 5.49. The molecule has 0 fully saturated rings. The van der Waals surface area contributed by atoms with Gasteiger partial charge in [0, 0.05) is 43.5 Å². The summed E-state index contributed by atoms with van der Waals surface area (Å²) in [7, 11) is 1.98. The van der Waals surface area contributed by atoms with Crippen molar-refractivity contribution >= 4 is 11.5 Å². The standard InChI is InChI=1S/C16H22N4O/c1-11-5-4-6-13(9-11)17-16-14-10-20(12(2)21)8-7-15(14)19(3)18-16/h4-6,9,12,21H,7-8,10H2,1-3H3,(H,17,18). The van der Waals surface area contributed by atoms with Crippen LogP contribution in [0, 0.1) is 6.92 Å². The van der Waals surface area contributed by atoms with Gasteiger partial charge >= 0.3 is 0 Å². The first-order valence-corrected chi connectivity index (χ1v) is 7.35. The number of hydrogen-bond acceptors (Lipinski definition) is 4. The van der Waals surface area contributed by atoms with E-state index >= 15 is 0 Å². The molecule has 0 saturated heterocycles. The molecule has 2 N–H and O–H groups in total. The summed E-state index contributed by atoms with van der Waals surface area (Å²) in [5.41, 5.74) is 4.70. The highest BCUT2D eigenvalue weighted by atomic mass is 16.3. The smallest absolute Gasteiger partial charge is 0.157 e. The zero-order chi connectivity index (χ0) is 15.0. The van der Waals surface area contributed by atoms with E-state index in [1.807, 2.05) is 30.8 Å². The second-order valence-corrected chi connectivity index (χ2v) is 5.74. The molecular weight excluding hydrogens is 264 g/mol. The molecule has 1 atom stereocenters. The van der Waals surface area contributed by atoms with Crippen LogP contribution in [0.15, 0.2) is 24.3 Å². The number of rotatable bonds is 3. The van der Waals surface area contributed by atoms with Gasteiger partial charge in [-0.15, -0.1) is 0 Å². The molecule has 1 unspecified atom stereocenters. The van der Waals surface area contributed by atoms with Crippen molar-refractivity contribution in [1.29, 1.82) is 0 Å². The van der Waals surface area contributed by atoms with Gasteiger partial charge in [-0.1, -0.05) is 12.1 Å². The molecule has 0 saturated carbocycles. The van der Waals surface area contributed by atoms with Crippen LogP contribution in [0.4, 0.5) is 11.5 Å². The molecule has 1 aliphatic rings. The quantitative estimate of drug-likeness (QED) is 0.908. The number of fused-ring (bicyclic) bond motifs is 1. The lowest BCUT2D eigenvalue weighted by Gasteiger charge is -2.29. The highest BCUT2D eigenvalue weighted by molar-refractivity contribution is 5.61. The van der Waals surface area contributed by atoms with Crippen LogP contribution in [-0.2, 0) is 20.0 Å². The van der Waals surface area contributed by atoms with Crippen molar-refractivity contribution in [3.63, 3.8) is 0 Å². The fraction of sp³-hybridized carbons (Fsp3) is 0.438. The fourth-order valence-electron chi connectivity index (χ4n) is 2.89. The third-order valence-corrected chi connectivity index (χ3v) is 4.08. The molecule has 1 aliphatic heterocycles. The van der Waals surface area contributed by atoms with Crippen molar-refractivity contribution in [1.82, 2.24) is 14.7 Å². The lowest BCUT2D eigenvalue weighted by molar-refractivity contribution is 0.00889. The van der Waals surface area contributed by atoms with Gasteiger partial charge in [-0.25, -0.2) is 0 Å². The van der Waals surface area contributed by atoms with Crippen molar-refractivity contribution in [2.45, 2.75) is 33.0 Å². The molecule has 0 aliphatic carbocycles. The molecule has 21 heavy (non-hydrogen) atoms. The summed E-state index contributed by atoms with van der Waals surface area (Å²) in [6.07, 6.45) is 0.490. The summed E-state index contributed by atoms with van der Waals surface area (Å²) < 4.78 is 1.95. The number of aromatic nitrogens is 2. The lowest BCUT2D eigenvalue weighted by Crippen LogP contribution is -2.37. The molecule has 0 spiro atoms. The number of aliphatic hydroxyl groups excluding tert-OH is 1. The lowest BCUT2D eigenvalue weighted by atomic mass is 10.1. The van der Waals surface area contributed by atoms with Gasteiger partial charge in [0.1, 0.15) is 6.23 Å². The van der Waals surface area contributed by atoms with E-state index in [0.29, 0.717) is 0 Å². The van der Waals surface area contributed by atoms with Crippen LogP contribution in [0.5, 0.6) is 0 Å². The summed E-state index contributed by atoms with van der Waals surface area (Å²) >= 11 is 0. The Morgan fingerprint density at radius 2 is 2.19 bits per heavy atom. The van der Waals surface area contributed by atoms with Gasteiger partial charge in [0.05, 0.1) is 0 Å². The Bertz CT molecular complexity index is 648. The van der Waals surface area contributed by atoms with Crippen LogP contribution in [0.1, 0.15) is 23.7 Å². The molecule has 1 aromatic carbocycles. The Hall–Kier alpha value is -1.85. The Kier molecular flexibility index (Phi) is 3.69. The molecule has 112 valence electrons. The van der Waals surface area contributed by atoms with Crippen LogP contribution < -0.4 is 5.32 Å². The minimum atomic E-state index is -0.426. The SMILES string of the molecule is Cc1cccc(Nc2nn(C)c3c2CN(C(C)O)CC3)c1. The maximum Gasteiger partial charge on any atom is 0.157 e. The molecule has 0 amide bonds. The summed E-state index contributed by atoms with van der Waals surface area (Å²) in [5.74, 6) is 0.892. The summed E-state index contributed by atoms with van der Waals surface area (Å²) in [5, 5.41) is 17.8. The first-order valence-electron chi connectivity index (χ1n) is 7.35. The number of nitrogens with one attached hydrogen (secondary N) is 1. The van der Waals surface area contributed by atoms with Gasteiger partial charge in [-0.3, -0.25) is 9.58 Å². The minimum Gasteiger partial charge on any atom is -0.379 e. The Labute approximate surface area is 125 Å². The molecule has 5 nitrogen and oxygen atoms in total. The second kappa shape index (κ2) is 5.50. The highest BCUT2D eigenvalue weighted by Gasteiger charge is 2.25. The Morgan fingerprint density at radius 1 is 1.38 bits per heavy atom. The number of aliphatic hydroxyl groups is 1.